The second kappa shape index (κ2) is 9.76. The van der Waals surface area contributed by atoms with Crippen molar-refractivity contribution in [3.63, 3.8) is 0 Å². The van der Waals surface area contributed by atoms with E-state index in [4.69, 9.17) is 0 Å². The van der Waals surface area contributed by atoms with E-state index in [0.717, 1.165) is 21.4 Å². The molecule has 0 aliphatic rings. The number of amides is 1. The first-order valence-corrected chi connectivity index (χ1v) is 11.1. The quantitative estimate of drug-likeness (QED) is 0.482. The summed E-state index contributed by atoms with van der Waals surface area (Å²) in [5, 5.41) is 15.2. The molecule has 6 nitrogen and oxygen atoms in total. The van der Waals surface area contributed by atoms with Crippen LogP contribution in [0.3, 0.4) is 0 Å². The summed E-state index contributed by atoms with van der Waals surface area (Å²) in [5.41, 5.74) is 4.14. The van der Waals surface area contributed by atoms with E-state index < -0.39 is 0 Å². The molecule has 0 radical (unpaired) electrons. The molecule has 152 valence electrons. The molecule has 8 heteroatoms. The van der Waals surface area contributed by atoms with E-state index in [1.807, 2.05) is 55.4 Å². The summed E-state index contributed by atoms with van der Waals surface area (Å²) in [7, 11) is 3.96. The van der Waals surface area contributed by atoms with Gasteiger partial charge in [-0.1, -0.05) is 49.1 Å². The Balaban J connectivity index is 1.48. The molecule has 0 aliphatic heterocycles. The van der Waals surface area contributed by atoms with Gasteiger partial charge in [0.1, 0.15) is 0 Å². The minimum Gasteiger partial charge on any atom is -0.378 e. The highest BCUT2D eigenvalue weighted by Gasteiger charge is 2.09. The number of carbonyl (C=O) groups is 1. The van der Waals surface area contributed by atoms with Crippen LogP contribution in [-0.4, -0.2) is 36.0 Å². The van der Waals surface area contributed by atoms with Crippen molar-refractivity contribution in [1.82, 2.24) is 10.2 Å². The van der Waals surface area contributed by atoms with Gasteiger partial charge in [-0.3, -0.25) is 4.79 Å². The van der Waals surface area contributed by atoms with Gasteiger partial charge in [0.25, 0.3) is 0 Å². The Labute approximate surface area is 179 Å². The van der Waals surface area contributed by atoms with Gasteiger partial charge < -0.3 is 15.5 Å². The molecule has 1 amide bonds. The van der Waals surface area contributed by atoms with Crippen LogP contribution < -0.4 is 15.5 Å². The van der Waals surface area contributed by atoms with E-state index in [0.29, 0.717) is 11.0 Å². The van der Waals surface area contributed by atoms with Gasteiger partial charge in [0.05, 0.1) is 5.75 Å². The molecule has 2 N–H and O–H groups in total. The Kier molecular flexibility index (Phi) is 7.11. The van der Waals surface area contributed by atoms with Crippen molar-refractivity contribution in [2.45, 2.75) is 24.1 Å². The van der Waals surface area contributed by atoms with Crippen LogP contribution in [0.2, 0.25) is 0 Å². The molecule has 0 saturated heterocycles. The SMILES string of the molecule is CC(C)c1ccc(Nc2nnc(SCC(=O)Nc3ccc(N(C)C)cc3)s2)cc1. The monoisotopic (exact) mass is 427 g/mol. The molecular formula is C21H25N5OS2. The van der Waals surface area contributed by atoms with Gasteiger partial charge in [0.2, 0.25) is 11.0 Å². The van der Waals surface area contributed by atoms with Crippen LogP contribution in [0.25, 0.3) is 0 Å². The van der Waals surface area contributed by atoms with Gasteiger partial charge in [-0.05, 0) is 47.9 Å². The lowest BCUT2D eigenvalue weighted by atomic mass is 10.0. The molecule has 3 rings (SSSR count). The van der Waals surface area contributed by atoms with Crippen LogP contribution in [-0.2, 0) is 4.79 Å². The van der Waals surface area contributed by atoms with E-state index in [1.54, 1.807) is 0 Å². The number of hydrogen-bond acceptors (Lipinski definition) is 7. The topological polar surface area (TPSA) is 70.1 Å². The fourth-order valence-electron chi connectivity index (χ4n) is 2.56. The highest BCUT2D eigenvalue weighted by atomic mass is 32.2. The first kappa shape index (κ1) is 21.1. The van der Waals surface area contributed by atoms with Gasteiger partial charge in [-0.25, -0.2) is 0 Å². The van der Waals surface area contributed by atoms with Crippen molar-refractivity contribution >= 4 is 51.2 Å². The average molecular weight is 428 g/mol. The summed E-state index contributed by atoms with van der Waals surface area (Å²) >= 11 is 2.81. The number of nitrogens with zero attached hydrogens (tertiary/aromatic N) is 3. The van der Waals surface area contributed by atoms with Crippen LogP contribution in [0.4, 0.5) is 22.2 Å². The van der Waals surface area contributed by atoms with Crippen molar-refractivity contribution < 1.29 is 4.79 Å². The van der Waals surface area contributed by atoms with Crippen molar-refractivity contribution in [3.05, 3.63) is 54.1 Å². The highest BCUT2D eigenvalue weighted by Crippen LogP contribution is 2.28. The van der Waals surface area contributed by atoms with Gasteiger partial charge in [-0.15, -0.1) is 10.2 Å². The molecule has 3 aromatic rings. The number of nitrogens with one attached hydrogen (secondary N) is 2. The minimum atomic E-state index is -0.0680. The Hall–Kier alpha value is -2.58. The highest BCUT2D eigenvalue weighted by molar-refractivity contribution is 8.01. The Morgan fingerprint density at radius 1 is 1.03 bits per heavy atom. The summed E-state index contributed by atoms with van der Waals surface area (Å²) in [4.78, 5) is 14.2. The molecule has 29 heavy (non-hydrogen) atoms. The smallest absolute Gasteiger partial charge is 0.234 e. The van der Waals surface area contributed by atoms with Crippen LogP contribution in [0.5, 0.6) is 0 Å². The van der Waals surface area contributed by atoms with Crippen LogP contribution in [0.1, 0.15) is 25.3 Å². The molecule has 0 saturated carbocycles. The Morgan fingerprint density at radius 2 is 1.69 bits per heavy atom. The number of thioether (sulfide) groups is 1. The lowest BCUT2D eigenvalue weighted by Crippen LogP contribution is -2.14. The molecular weight excluding hydrogens is 402 g/mol. The molecule has 1 heterocycles. The summed E-state index contributed by atoms with van der Waals surface area (Å²) in [6, 6.07) is 16.0. The fraction of sp³-hybridized carbons (Fsp3) is 0.286. The van der Waals surface area contributed by atoms with Crippen molar-refractivity contribution in [3.8, 4) is 0 Å². The molecule has 1 aromatic heterocycles. The van der Waals surface area contributed by atoms with E-state index in [2.05, 4.69) is 46.8 Å². The lowest BCUT2D eigenvalue weighted by molar-refractivity contribution is -0.113. The van der Waals surface area contributed by atoms with Crippen molar-refractivity contribution in [2.75, 3.05) is 35.4 Å². The fourth-order valence-corrected chi connectivity index (χ4v) is 4.13. The zero-order valence-electron chi connectivity index (χ0n) is 17.0. The summed E-state index contributed by atoms with van der Waals surface area (Å²) in [6.07, 6.45) is 0. The first-order valence-electron chi connectivity index (χ1n) is 9.31. The predicted octanol–water partition coefficient (Wildman–Crippen LogP) is 5.20. The molecule has 0 aliphatic carbocycles. The maximum absolute atomic E-state index is 12.2. The predicted molar refractivity (Wildman–Crippen MR) is 124 cm³/mol. The third kappa shape index (κ3) is 6.20. The molecule has 0 unspecified atom stereocenters. The number of anilines is 4. The van der Waals surface area contributed by atoms with Gasteiger partial charge in [0, 0.05) is 31.2 Å². The summed E-state index contributed by atoms with van der Waals surface area (Å²) < 4.78 is 0.754. The van der Waals surface area contributed by atoms with Crippen molar-refractivity contribution in [1.29, 1.82) is 0 Å². The maximum atomic E-state index is 12.2. The second-order valence-electron chi connectivity index (χ2n) is 7.05. The van der Waals surface area contributed by atoms with Crippen LogP contribution in [0.15, 0.2) is 52.9 Å². The molecule has 2 aromatic carbocycles. The van der Waals surface area contributed by atoms with Gasteiger partial charge >= 0.3 is 0 Å². The Morgan fingerprint density at radius 3 is 2.31 bits per heavy atom. The zero-order valence-corrected chi connectivity index (χ0v) is 18.6. The normalized spacial score (nSPS) is 10.8. The molecule has 0 fully saturated rings. The largest absolute Gasteiger partial charge is 0.378 e. The first-order chi connectivity index (χ1) is 13.9. The number of aromatic nitrogens is 2. The number of benzene rings is 2. The standard InChI is InChI=1S/C21H25N5OS2/c1-14(2)15-5-7-17(8-6-15)23-20-24-25-21(29-20)28-13-19(27)22-16-9-11-18(12-10-16)26(3)4/h5-12,14H,13H2,1-4H3,(H,22,27)(H,23,24). The van der Waals surface area contributed by atoms with Gasteiger partial charge in [0.15, 0.2) is 4.34 Å². The number of hydrogen-bond donors (Lipinski definition) is 2. The summed E-state index contributed by atoms with van der Waals surface area (Å²) in [5.74, 6) is 0.722. The molecule has 0 atom stereocenters. The van der Waals surface area contributed by atoms with Crippen molar-refractivity contribution in [2.24, 2.45) is 0 Å². The van der Waals surface area contributed by atoms with Gasteiger partial charge in [-0.2, -0.15) is 0 Å². The second-order valence-corrected chi connectivity index (χ2v) is 9.25. The lowest BCUT2D eigenvalue weighted by Gasteiger charge is -2.12. The van der Waals surface area contributed by atoms with E-state index in [1.165, 1.54) is 28.7 Å². The summed E-state index contributed by atoms with van der Waals surface area (Å²) in [6.45, 7) is 4.34. The third-order valence-corrected chi connectivity index (χ3v) is 6.20. The Bertz CT molecular complexity index is 936. The molecule has 0 spiro atoms. The average Bonchev–Trinajstić information content (AvgIpc) is 3.14. The minimum absolute atomic E-state index is 0.0680. The maximum Gasteiger partial charge on any atom is 0.234 e. The van der Waals surface area contributed by atoms with E-state index in [-0.39, 0.29) is 11.7 Å². The van der Waals surface area contributed by atoms with Crippen LogP contribution in [0, 0.1) is 0 Å². The third-order valence-electron chi connectivity index (χ3n) is 4.23. The molecule has 0 bridgehead atoms. The number of carbonyl (C=O) groups excluding carboxylic acids is 1. The number of rotatable bonds is 8. The van der Waals surface area contributed by atoms with E-state index >= 15 is 0 Å². The van der Waals surface area contributed by atoms with E-state index in [9.17, 15) is 4.79 Å². The van der Waals surface area contributed by atoms with Crippen LogP contribution >= 0.6 is 23.1 Å². The zero-order chi connectivity index (χ0) is 20.8.